The number of nitrogens with one attached hydrogen (secondary N) is 1. The molecular weight excluding hydrogens is 204 g/mol. The average molecular weight is 216 g/mol. The number of phenolic OH excluding ortho intramolecular Hbond substituents is 2. The summed E-state index contributed by atoms with van der Waals surface area (Å²) in [5.74, 6) is 0.172. The Kier molecular flexibility index (Phi) is 2.55. The van der Waals surface area contributed by atoms with Crippen LogP contribution < -0.4 is 11.1 Å². The highest BCUT2D eigenvalue weighted by atomic mass is 16.3. The van der Waals surface area contributed by atoms with Gasteiger partial charge in [0.25, 0.3) is 0 Å². The molecule has 0 bridgehead atoms. The van der Waals surface area contributed by atoms with Crippen LogP contribution in [0.4, 0.5) is 17.1 Å². The van der Waals surface area contributed by atoms with E-state index in [2.05, 4.69) is 5.32 Å². The van der Waals surface area contributed by atoms with Crippen LogP contribution in [0.15, 0.2) is 42.5 Å². The van der Waals surface area contributed by atoms with Crippen LogP contribution in [0.5, 0.6) is 11.5 Å². The minimum absolute atomic E-state index is 0.0784. The van der Waals surface area contributed by atoms with E-state index in [0.717, 1.165) is 5.69 Å². The zero-order chi connectivity index (χ0) is 11.5. The van der Waals surface area contributed by atoms with E-state index in [1.807, 2.05) is 0 Å². The van der Waals surface area contributed by atoms with Gasteiger partial charge in [-0.3, -0.25) is 0 Å². The van der Waals surface area contributed by atoms with Crippen LogP contribution in [0.1, 0.15) is 0 Å². The SMILES string of the molecule is Nc1ccc(Nc2cc(O)ccc2O)cc1. The summed E-state index contributed by atoms with van der Waals surface area (Å²) in [7, 11) is 0. The highest BCUT2D eigenvalue weighted by Crippen LogP contribution is 2.30. The van der Waals surface area contributed by atoms with Crippen LogP contribution in [0.25, 0.3) is 0 Å². The molecule has 0 saturated carbocycles. The fourth-order valence-electron chi connectivity index (χ4n) is 1.35. The first-order chi connectivity index (χ1) is 7.65. The van der Waals surface area contributed by atoms with Gasteiger partial charge in [-0.25, -0.2) is 0 Å². The Balaban J connectivity index is 2.26. The summed E-state index contributed by atoms with van der Waals surface area (Å²) in [4.78, 5) is 0. The van der Waals surface area contributed by atoms with E-state index >= 15 is 0 Å². The van der Waals surface area contributed by atoms with Crippen molar-refractivity contribution in [3.63, 3.8) is 0 Å². The first-order valence-electron chi connectivity index (χ1n) is 4.80. The highest BCUT2D eigenvalue weighted by molar-refractivity contribution is 5.68. The number of rotatable bonds is 2. The molecule has 5 N–H and O–H groups in total. The van der Waals surface area contributed by atoms with Crippen molar-refractivity contribution in [1.82, 2.24) is 0 Å². The van der Waals surface area contributed by atoms with Gasteiger partial charge in [0.1, 0.15) is 11.5 Å². The number of nitrogens with two attached hydrogens (primary N) is 1. The van der Waals surface area contributed by atoms with Crippen molar-refractivity contribution in [3.8, 4) is 11.5 Å². The van der Waals surface area contributed by atoms with Crippen molar-refractivity contribution in [1.29, 1.82) is 0 Å². The third kappa shape index (κ3) is 2.17. The van der Waals surface area contributed by atoms with Crippen molar-refractivity contribution in [2.45, 2.75) is 0 Å². The van der Waals surface area contributed by atoms with Crippen molar-refractivity contribution in [3.05, 3.63) is 42.5 Å². The third-order valence-corrected chi connectivity index (χ3v) is 2.17. The number of phenols is 2. The molecule has 0 amide bonds. The molecular formula is C12H12N2O2. The van der Waals surface area contributed by atoms with E-state index in [1.165, 1.54) is 18.2 Å². The van der Waals surface area contributed by atoms with Crippen LogP contribution >= 0.6 is 0 Å². The predicted octanol–water partition coefficient (Wildman–Crippen LogP) is 2.42. The number of benzene rings is 2. The van der Waals surface area contributed by atoms with E-state index in [9.17, 15) is 10.2 Å². The number of anilines is 3. The second kappa shape index (κ2) is 4.02. The minimum Gasteiger partial charge on any atom is -0.508 e. The second-order valence-corrected chi connectivity index (χ2v) is 3.45. The molecule has 0 fully saturated rings. The van der Waals surface area contributed by atoms with Gasteiger partial charge in [0.15, 0.2) is 0 Å². The van der Waals surface area contributed by atoms with Crippen LogP contribution in [-0.4, -0.2) is 10.2 Å². The normalized spacial score (nSPS) is 10.0. The second-order valence-electron chi connectivity index (χ2n) is 3.45. The number of nitrogen functional groups attached to an aromatic ring is 1. The van der Waals surface area contributed by atoms with Crippen LogP contribution in [0.2, 0.25) is 0 Å². The Morgan fingerprint density at radius 2 is 1.62 bits per heavy atom. The number of aromatic hydroxyl groups is 2. The van der Waals surface area contributed by atoms with Crippen LogP contribution in [-0.2, 0) is 0 Å². The minimum atomic E-state index is 0.0784. The molecule has 0 aromatic heterocycles. The Morgan fingerprint density at radius 1 is 0.938 bits per heavy atom. The quantitative estimate of drug-likeness (QED) is 0.353. The van der Waals surface area contributed by atoms with Gasteiger partial charge in [0.2, 0.25) is 0 Å². The molecule has 0 aliphatic heterocycles. The van der Waals surface area contributed by atoms with Gasteiger partial charge in [-0.15, -0.1) is 0 Å². The molecule has 4 heteroatoms. The van der Waals surface area contributed by atoms with Gasteiger partial charge in [-0.2, -0.15) is 0 Å². The summed E-state index contributed by atoms with van der Waals surface area (Å²) in [6.45, 7) is 0. The molecule has 16 heavy (non-hydrogen) atoms. The standard InChI is InChI=1S/C12H12N2O2/c13-8-1-3-9(4-2-8)14-11-7-10(15)5-6-12(11)16/h1-7,14-16H,13H2. The van der Waals surface area contributed by atoms with E-state index < -0.39 is 0 Å². The maximum Gasteiger partial charge on any atom is 0.139 e. The van der Waals surface area contributed by atoms with E-state index in [4.69, 9.17) is 5.73 Å². The van der Waals surface area contributed by atoms with E-state index in [0.29, 0.717) is 11.4 Å². The van der Waals surface area contributed by atoms with Gasteiger partial charge in [-0.1, -0.05) is 0 Å². The molecule has 0 saturated heterocycles. The molecule has 2 aromatic rings. The van der Waals surface area contributed by atoms with Crippen molar-refractivity contribution < 1.29 is 10.2 Å². The van der Waals surface area contributed by atoms with Crippen molar-refractivity contribution >= 4 is 17.1 Å². The summed E-state index contributed by atoms with van der Waals surface area (Å²) in [6, 6.07) is 11.4. The van der Waals surface area contributed by atoms with Gasteiger partial charge in [0, 0.05) is 17.4 Å². The zero-order valence-corrected chi connectivity index (χ0v) is 8.51. The van der Waals surface area contributed by atoms with Gasteiger partial charge >= 0.3 is 0 Å². The number of hydrogen-bond acceptors (Lipinski definition) is 4. The molecule has 4 nitrogen and oxygen atoms in total. The fourth-order valence-corrected chi connectivity index (χ4v) is 1.35. The van der Waals surface area contributed by atoms with Gasteiger partial charge < -0.3 is 21.3 Å². The summed E-state index contributed by atoms with van der Waals surface area (Å²) >= 11 is 0. The maximum atomic E-state index is 9.55. The van der Waals surface area contributed by atoms with Crippen molar-refractivity contribution in [2.24, 2.45) is 0 Å². The summed E-state index contributed by atoms with van der Waals surface area (Å²) in [5.41, 5.74) is 7.46. The third-order valence-electron chi connectivity index (χ3n) is 2.17. The molecule has 2 rings (SSSR count). The molecule has 0 aliphatic carbocycles. The van der Waals surface area contributed by atoms with Gasteiger partial charge in [-0.05, 0) is 36.4 Å². The van der Waals surface area contributed by atoms with E-state index in [1.54, 1.807) is 24.3 Å². The molecule has 0 heterocycles. The lowest BCUT2D eigenvalue weighted by atomic mass is 10.2. The zero-order valence-electron chi connectivity index (χ0n) is 8.51. The van der Waals surface area contributed by atoms with Crippen molar-refractivity contribution in [2.75, 3.05) is 11.1 Å². The smallest absolute Gasteiger partial charge is 0.139 e. The largest absolute Gasteiger partial charge is 0.508 e. The first-order valence-corrected chi connectivity index (χ1v) is 4.80. The Morgan fingerprint density at radius 3 is 2.31 bits per heavy atom. The number of hydrogen-bond donors (Lipinski definition) is 4. The molecule has 2 aromatic carbocycles. The molecule has 0 spiro atoms. The molecule has 0 atom stereocenters. The molecule has 0 radical (unpaired) electrons. The molecule has 82 valence electrons. The van der Waals surface area contributed by atoms with Crippen LogP contribution in [0.3, 0.4) is 0 Å². The lowest BCUT2D eigenvalue weighted by Gasteiger charge is -2.08. The Hall–Kier alpha value is -2.36. The fraction of sp³-hybridized carbons (Fsp3) is 0. The Bertz CT molecular complexity index is 495. The topological polar surface area (TPSA) is 78.5 Å². The first kappa shape index (κ1) is 10.2. The van der Waals surface area contributed by atoms with Crippen LogP contribution in [0, 0.1) is 0 Å². The lowest BCUT2D eigenvalue weighted by molar-refractivity contribution is 0.462. The monoisotopic (exact) mass is 216 g/mol. The van der Waals surface area contributed by atoms with Gasteiger partial charge in [0.05, 0.1) is 5.69 Å². The summed E-state index contributed by atoms with van der Waals surface area (Å²) < 4.78 is 0. The lowest BCUT2D eigenvalue weighted by Crippen LogP contribution is -1.91. The summed E-state index contributed by atoms with van der Waals surface area (Å²) in [6.07, 6.45) is 0. The maximum absolute atomic E-state index is 9.55. The Labute approximate surface area is 93.0 Å². The predicted molar refractivity (Wildman–Crippen MR) is 63.9 cm³/mol. The van der Waals surface area contributed by atoms with E-state index in [-0.39, 0.29) is 11.5 Å². The molecule has 0 unspecified atom stereocenters. The summed E-state index contributed by atoms with van der Waals surface area (Å²) in [5, 5.41) is 21.8. The highest BCUT2D eigenvalue weighted by Gasteiger charge is 2.02. The molecule has 0 aliphatic rings. The average Bonchev–Trinajstić information content (AvgIpc) is 2.27.